The second-order valence-corrected chi connectivity index (χ2v) is 8.11. The molecule has 0 heterocycles. The molecule has 0 aliphatic carbocycles. The van der Waals surface area contributed by atoms with Crippen molar-refractivity contribution in [2.75, 3.05) is 20.0 Å². The van der Waals surface area contributed by atoms with Crippen LogP contribution >= 0.6 is 27.7 Å². The number of ether oxygens (including phenoxy) is 2. The fraction of sp³-hybridized carbons (Fsp3) is 0.300. The zero-order chi connectivity index (χ0) is 22.1. The molecule has 0 bridgehead atoms. The maximum atomic E-state index is 12.4. The van der Waals surface area contributed by atoms with E-state index in [2.05, 4.69) is 21.2 Å². The van der Waals surface area contributed by atoms with Crippen LogP contribution in [0.3, 0.4) is 0 Å². The van der Waals surface area contributed by atoms with Crippen LogP contribution in [0.25, 0.3) is 0 Å². The van der Waals surface area contributed by atoms with Crippen molar-refractivity contribution < 1.29 is 24.0 Å². The largest absolute Gasteiger partial charge is 0.490 e. The summed E-state index contributed by atoms with van der Waals surface area (Å²) < 4.78 is 10.5. The van der Waals surface area contributed by atoms with Crippen LogP contribution in [0.5, 0.6) is 5.75 Å². The summed E-state index contributed by atoms with van der Waals surface area (Å²) >= 11 is 4.70. The number of rotatable bonds is 10. The lowest BCUT2D eigenvalue weighted by Crippen LogP contribution is -2.31. The zero-order valence-electron chi connectivity index (χ0n) is 16.4. The molecule has 0 radical (unpaired) electrons. The van der Waals surface area contributed by atoms with Gasteiger partial charge in [0.15, 0.2) is 5.75 Å². The third-order valence-corrected chi connectivity index (χ3v) is 5.62. The molecule has 2 aromatic rings. The Hall–Kier alpha value is -2.59. The second-order valence-electron chi connectivity index (χ2n) is 6.21. The normalized spacial score (nSPS) is 11.4. The number of halogens is 1. The number of nitro benzene ring substituents is 1. The monoisotopic (exact) mass is 496 g/mol. The highest BCUT2D eigenvalue weighted by Gasteiger charge is 2.20. The van der Waals surface area contributed by atoms with Gasteiger partial charge in [-0.25, -0.2) is 0 Å². The highest BCUT2D eigenvalue weighted by atomic mass is 79.9. The number of nitrogens with zero attached hydrogens (tertiary/aromatic N) is 1. The van der Waals surface area contributed by atoms with Crippen LogP contribution in [-0.2, 0) is 20.1 Å². The van der Waals surface area contributed by atoms with E-state index >= 15 is 0 Å². The molecule has 0 spiro atoms. The van der Waals surface area contributed by atoms with Crippen molar-refractivity contribution in [2.24, 2.45) is 0 Å². The number of methoxy groups -OCH3 is 2. The van der Waals surface area contributed by atoms with Gasteiger partial charge in [0.1, 0.15) is 0 Å². The van der Waals surface area contributed by atoms with Crippen molar-refractivity contribution in [3.63, 3.8) is 0 Å². The summed E-state index contributed by atoms with van der Waals surface area (Å²) in [4.78, 5) is 34.8. The van der Waals surface area contributed by atoms with Crippen LogP contribution in [0.15, 0.2) is 46.9 Å². The smallest absolute Gasteiger partial charge is 0.311 e. The fourth-order valence-electron chi connectivity index (χ4n) is 2.69. The van der Waals surface area contributed by atoms with E-state index in [0.717, 1.165) is 10.0 Å². The summed E-state index contributed by atoms with van der Waals surface area (Å²) in [5.41, 5.74) is 1.37. The molecule has 0 aliphatic rings. The van der Waals surface area contributed by atoms with E-state index in [-0.39, 0.29) is 29.5 Å². The summed E-state index contributed by atoms with van der Waals surface area (Å²) in [5, 5.41) is 14.0. The maximum Gasteiger partial charge on any atom is 0.311 e. The Bertz CT molecular complexity index is 924. The minimum Gasteiger partial charge on any atom is -0.490 e. The number of hydrogen-bond acceptors (Lipinski definition) is 7. The van der Waals surface area contributed by atoms with Gasteiger partial charge in [-0.2, -0.15) is 0 Å². The number of carbonyl (C=O) groups excluding carboxylic acids is 2. The number of nitro groups is 1. The minimum atomic E-state index is -0.523. The van der Waals surface area contributed by atoms with Gasteiger partial charge in [-0.3, -0.25) is 19.7 Å². The molecule has 0 aromatic heterocycles. The van der Waals surface area contributed by atoms with Crippen LogP contribution in [0.1, 0.15) is 23.6 Å². The molecule has 1 N–H and O–H groups in total. The average Bonchev–Trinajstić information content (AvgIpc) is 2.73. The molecular formula is C20H21BrN2O6S. The van der Waals surface area contributed by atoms with Crippen molar-refractivity contribution in [3.8, 4) is 5.75 Å². The van der Waals surface area contributed by atoms with Gasteiger partial charge in [0.25, 0.3) is 0 Å². The van der Waals surface area contributed by atoms with E-state index in [1.807, 2.05) is 24.3 Å². The van der Waals surface area contributed by atoms with Crippen LogP contribution in [0, 0.1) is 10.1 Å². The van der Waals surface area contributed by atoms with Crippen LogP contribution in [-0.4, -0.2) is 36.8 Å². The standard InChI is InChI=1S/C20H21BrN2O6S/c1-28-18-7-6-13(8-17(18)23(26)27)11-30-12-19(24)22-16(10-20(25)29-2)14-4-3-5-15(21)9-14/h3-9,16H,10-12H2,1-2H3,(H,22,24). The lowest BCUT2D eigenvalue weighted by atomic mass is 10.0. The number of thioether (sulfide) groups is 1. The number of amides is 1. The molecule has 10 heteroatoms. The number of hydrogen-bond donors (Lipinski definition) is 1. The van der Waals surface area contributed by atoms with Gasteiger partial charge in [0, 0.05) is 16.3 Å². The molecular weight excluding hydrogens is 476 g/mol. The third kappa shape index (κ3) is 7.03. The van der Waals surface area contributed by atoms with Crippen molar-refractivity contribution in [3.05, 3.63) is 68.2 Å². The van der Waals surface area contributed by atoms with E-state index in [0.29, 0.717) is 11.3 Å². The molecule has 2 rings (SSSR count). The predicted molar refractivity (Wildman–Crippen MR) is 117 cm³/mol. The SMILES string of the molecule is COC(=O)CC(NC(=O)CSCc1ccc(OC)c([N+](=O)[O-])c1)c1cccc(Br)c1. The summed E-state index contributed by atoms with van der Waals surface area (Å²) in [5.74, 6) is 0.0454. The Morgan fingerprint density at radius 3 is 2.63 bits per heavy atom. The summed E-state index contributed by atoms with van der Waals surface area (Å²) in [6.07, 6.45) is 0.00797. The highest BCUT2D eigenvalue weighted by molar-refractivity contribution is 9.10. The van der Waals surface area contributed by atoms with Gasteiger partial charge in [-0.05, 0) is 29.3 Å². The maximum absolute atomic E-state index is 12.4. The van der Waals surface area contributed by atoms with Gasteiger partial charge in [-0.1, -0.05) is 34.1 Å². The van der Waals surface area contributed by atoms with Crippen molar-refractivity contribution in [1.29, 1.82) is 0 Å². The molecule has 1 amide bonds. The molecule has 0 saturated heterocycles. The van der Waals surface area contributed by atoms with E-state index in [9.17, 15) is 19.7 Å². The quantitative estimate of drug-likeness (QED) is 0.300. The van der Waals surface area contributed by atoms with Gasteiger partial charge in [0.05, 0.1) is 37.4 Å². The molecule has 1 unspecified atom stereocenters. The van der Waals surface area contributed by atoms with Crippen LogP contribution in [0.2, 0.25) is 0 Å². The lowest BCUT2D eigenvalue weighted by molar-refractivity contribution is -0.385. The number of carbonyl (C=O) groups is 2. The predicted octanol–water partition coefficient (Wildman–Crippen LogP) is 4.02. The molecule has 160 valence electrons. The Morgan fingerprint density at radius 2 is 2.00 bits per heavy atom. The van der Waals surface area contributed by atoms with Gasteiger partial charge < -0.3 is 14.8 Å². The first kappa shape index (κ1) is 23.7. The molecule has 0 aliphatic heterocycles. The van der Waals surface area contributed by atoms with Gasteiger partial charge in [0.2, 0.25) is 5.91 Å². The van der Waals surface area contributed by atoms with Crippen molar-refractivity contribution in [1.82, 2.24) is 5.32 Å². The number of benzene rings is 2. The van der Waals surface area contributed by atoms with E-state index < -0.39 is 16.9 Å². The Labute approximate surface area is 186 Å². The minimum absolute atomic E-state index is 0.00797. The topological polar surface area (TPSA) is 108 Å². The van der Waals surface area contributed by atoms with Gasteiger partial charge >= 0.3 is 11.7 Å². The van der Waals surface area contributed by atoms with Crippen molar-refractivity contribution in [2.45, 2.75) is 18.2 Å². The number of esters is 1. The van der Waals surface area contributed by atoms with E-state index in [1.54, 1.807) is 6.07 Å². The summed E-state index contributed by atoms with van der Waals surface area (Å²) in [6.45, 7) is 0. The fourth-order valence-corrected chi connectivity index (χ4v) is 3.89. The summed E-state index contributed by atoms with van der Waals surface area (Å²) in [6, 6.07) is 11.5. The molecule has 0 saturated carbocycles. The molecule has 2 aromatic carbocycles. The lowest BCUT2D eigenvalue weighted by Gasteiger charge is -2.18. The zero-order valence-corrected chi connectivity index (χ0v) is 18.8. The second kappa shape index (κ2) is 11.6. The molecule has 8 nitrogen and oxygen atoms in total. The van der Waals surface area contributed by atoms with Gasteiger partial charge in [-0.15, -0.1) is 11.8 Å². The Kier molecular flexibility index (Phi) is 9.13. The molecule has 1 atom stereocenters. The Balaban J connectivity index is 1.98. The highest BCUT2D eigenvalue weighted by Crippen LogP contribution is 2.29. The van der Waals surface area contributed by atoms with Crippen LogP contribution < -0.4 is 10.1 Å². The molecule has 30 heavy (non-hydrogen) atoms. The van der Waals surface area contributed by atoms with Crippen molar-refractivity contribution >= 4 is 45.3 Å². The Morgan fingerprint density at radius 1 is 1.23 bits per heavy atom. The van der Waals surface area contributed by atoms with Crippen LogP contribution in [0.4, 0.5) is 5.69 Å². The van der Waals surface area contributed by atoms with E-state index in [4.69, 9.17) is 9.47 Å². The first-order chi connectivity index (χ1) is 14.3. The van der Waals surface area contributed by atoms with E-state index in [1.165, 1.54) is 38.1 Å². The average molecular weight is 497 g/mol. The number of nitrogens with one attached hydrogen (secondary N) is 1. The first-order valence-corrected chi connectivity index (χ1v) is 10.8. The molecule has 0 fully saturated rings. The first-order valence-electron chi connectivity index (χ1n) is 8.84. The third-order valence-electron chi connectivity index (χ3n) is 4.13. The summed E-state index contributed by atoms with van der Waals surface area (Å²) in [7, 11) is 2.67.